The molecule has 0 aromatic heterocycles. The number of rotatable bonds is 10. The highest BCUT2D eigenvalue weighted by Crippen LogP contribution is 2.28. The molecule has 204 valence electrons. The maximum Gasteiger partial charge on any atom is 0.422 e. The van der Waals surface area contributed by atoms with Crippen LogP contribution in [0.3, 0.4) is 0 Å². The second-order valence-electron chi connectivity index (χ2n) is 9.80. The highest BCUT2D eigenvalue weighted by molar-refractivity contribution is 5.90. The van der Waals surface area contributed by atoms with Crippen molar-refractivity contribution in [3.05, 3.63) is 70.8 Å². The molecule has 0 saturated heterocycles. The predicted molar refractivity (Wildman–Crippen MR) is 122 cm³/mol. The van der Waals surface area contributed by atoms with Crippen molar-refractivity contribution < 1.29 is 50.1 Å². The molecule has 37 heavy (non-hydrogen) atoms. The van der Waals surface area contributed by atoms with Crippen LogP contribution in [0.2, 0.25) is 0 Å². The summed E-state index contributed by atoms with van der Waals surface area (Å²) in [6.07, 6.45) is -9.21. The first-order valence-corrected chi connectivity index (χ1v) is 11.2. The maximum atomic E-state index is 12.2. The van der Waals surface area contributed by atoms with Gasteiger partial charge in [-0.15, -0.1) is 0 Å². The molecule has 0 amide bonds. The van der Waals surface area contributed by atoms with E-state index in [2.05, 4.69) is 9.47 Å². The monoisotopic (exact) mass is 534 g/mol. The summed E-state index contributed by atoms with van der Waals surface area (Å²) in [7, 11) is 0. The highest BCUT2D eigenvalue weighted by atomic mass is 19.4. The Labute approximate surface area is 210 Å². The lowest BCUT2D eigenvalue weighted by molar-refractivity contribution is -0.161. The summed E-state index contributed by atoms with van der Waals surface area (Å²) in [5.74, 6) is -2.14. The minimum absolute atomic E-state index is 0.00316. The molecule has 0 N–H and O–H groups in total. The molecule has 2 aromatic carbocycles. The largest absolute Gasteiger partial charge is 0.452 e. The predicted octanol–water partition coefficient (Wildman–Crippen LogP) is 6.40. The van der Waals surface area contributed by atoms with E-state index in [-0.39, 0.29) is 24.3 Å². The number of ether oxygens (including phenoxy) is 3. The average Bonchev–Trinajstić information content (AvgIpc) is 2.80. The van der Waals surface area contributed by atoms with Crippen LogP contribution in [0.5, 0.6) is 0 Å². The quantitative estimate of drug-likeness (QED) is 0.261. The van der Waals surface area contributed by atoms with Gasteiger partial charge in [0.1, 0.15) is 0 Å². The van der Waals surface area contributed by atoms with Gasteiger partial charge in [0.2, 0.25) is 0 Å². The molecule has 0 aliphatic carbocycles. The van der Waals surface area contributed by atoms with E-state index in [9.17, 15) is 35.9 Å². The summed E-state index contributed by atoms with van der Waals surface area (Å²) in [5, 5.41) is 0. The van der Waals surface area contributed by atoms with Gasteiger partial charge in [0.15, 0.2) is 13.2 Å². The molecule has 0 aliphatic rings. The van der Waals surface area contributed by atoms with Gasteiger partial charge < -0.3 is 14.2 Å². The zero-order valence-electron chi connectivity index (χ0n) is 20.8. The van der Waals surface area contributed by atoms with Crippen LogP contribution in [0.1, 0.15) is 59.5 Å². The Morgan fingerprint density at radius 3 is 1.14 bits per heavy atom. The van der Waals surface area contributed by atoms with E-state index < -0.39 is 48.3 Å². The Morgan fingerprint density at radius 1 is 0.568 bits per heavy atom. The Kier molecular flexibility index (Phi) is 9.40. The fourth-order valence-corrected chi connectivity index (χ4v) is 3.30. The van der Waals surface area contributed by atoms with Crippen molar-refractivity contribution in [3.63, 3.8) is 0 Å². The van der Waals surface area contributed by atoms with Crippen molar-refractivity contribution in [2.45, 2.75) is 50.9 Å². The summed E-state index contributed by atoms with van der Waals surface area (Å²) in [6, 6.07) is 12.0. The number of alkyl halides is 6. The van der Waals surface area contributed by atoms with Gasteiger partial charge in [0.25, 0.3) is 0 Å². The molecule has 0 atom stereocenters. The second-order valence-corrected chi connectivity index (χ2v) is 9.80. The molecular weight excluding hydrogens is 506 g/mol. The van der Waals surface area contributed by atoms with Gasteiger partial charge in [0, 0.05) is 10.8 Å². The topological polar surface area (TPSA) is 61.8 Å². The number of hydrogen-bond acceptors (Lipinski definition) is 5. The van der Waals surface area contributed by atoms with Crippen molar-refractivity contribution in [3.8, 4) is 0 Å². The van der Waals surface area contributed by atoms with E-state index in [1.807, 2.05) is 27.7 Å². The zero-order chi connectivity index (χ0) is 28.1. The highest BCUT2D eigenvalue weighted by Gasteiger charge is 2.31. The summed E-state index contributed by atoms with van der Waals surface area (Å²) in [5.41, 5.74) is 0.569. The van der Waals surface area contributed by atoms with Crippen molar-refractivity contribution in [1.82, 2.24) is 0 Å². The molecule has 2 aromatic rings. The van der Waals surface area contributed by atoms with Crippen molar-refractivity contribution in [2.75, 3.05) is 26.4 Å². The number of benzene rings is 2. The Balaban J connectivity index is 1.93. The molecule has 11 heteroatoms. The molecule has 5 nitrogen and oxygen atoms in total. The van der Waals surface area contributed by atoms with Crippen LogP contribution < -0.4 is 0 Å². The van der Waals surface area contributed by atoms with Gasteiger partial charge >= 0.3 is 24.3 Å². The number of halogens is 6. The minimum atomic E-state index is -4.60. The van der Waals surface area contributed by atoms with Gasteiger partial charge in [-0.25, -0.2) is 9.59 Å². The normalized spacial score (nSPS) is 12.8. The Hall–Kier alpha value is -3.08. The molecule has 0 unspecified atom stereocenters. The van der Waals surface area contributed by atoms with Crippen LogP contribution in [0.25, 0.3) is 0 Å². The van der Waals surface area contributed by atoms with Gasteiger partial charge in [0.05, 0.1) is 24.3 Å². The molecule has 0 bridgehead atoms. The third-order valence-corrected chi connectivity index (χ3v) is 5.46. The molecule has 0 aliphatic heterocycles. The fourth-order valence-electron chi connectivity index (χ4n) is 3.30. The summed E-state index contributed by atoms with van der Waals surface area (Å²) >= 11 is 0. The van der Waals surface area contributed by atoms with Crippen LogP contribution in [0.4, 0.5) is 26.3 Å². The molecule has 0 fully saturated rings. The number of hydrogen-bond donors (Lipinski definition) is 0. The number of esters is 2. The summed E-state index contributed by atoms with van der Waals surface area (Å²) in [6.45, 7) is 4.83. The van der Waals surface area contributed by atoms with E-state index in [0.717, 1.165) is 11.1 Å². The molecule has 0 heterocycles. The standard InChI is InChI=1S/C26H28F6O5/c1-23(2,19-9-5-17(6-10-19)21(33)36-15-25(27,28)29)13-35-14-24(3,4)20-11-7-18(8-12-20)22(34)37-16-26(30,31)32/h5-12H,13-16H2,1-4H3. The van der Waals surface area contributed by atoms with Crippen molar-refractivity contribution in [1.29, 1.82) is 0 Å². The van der Waals surface area contributed by atoms with Gasteiger partial charge in [-0.05, 0) is 35.4 Å². The number of carbonyl (C=O) groups excluding carboxylic acids is 2. The molecule has 2 rings (SSSR count). The SMILES string of the molecule is CC(C)(COCC(C)(C)c1ccc(C(=O)OCC(F)(F)F)cc1)c1ccc(C(=O)OCC(F)(F)F)cc1. The van der Waals surface area contributed by atoms with E-state index in [4.69, 9.17) is 4.74 Å². The Bertz CT molecular complexity index is 969. The van der Waals surface area contributed by atoms with E-state index >= 15 is 0 Å². The lowest BCUT2D eigenvalue weighted by Gasteiger charge is -2.30. The zero-order valence-corrected chi connectivity index (χ0v) is 20.8. The lowest BCUT2D eigenvalue weighted by atomic mass is 9.84. The van der Waals surface area contributed by atoms with Crippen LogP contribution in [-0.4, -0.2) is 50.7 Å². The van der Waals surface area contributed by atoms with Gasteiger partial charge in [-0.2, -0.15) is 26.3 Å². The first-order valence-electron chi connectivity index (χ1n) is 11.2. The summed E-state index contributed by atoms with van der Waals surface area (Å²) in [4.78, 5) is 23.6. The van der Waals surface area contributed by atoms with Crippen LogP contribution >= 0.6 is 0 Å². The van der Waals surface area contributed by atoms with Crippen molar-refractivity contribution >= 4 is 11.9 Å². The van der Waals surface area contributed by atoms with Crippen LogP contribution in [0, 0.1) is 0 Å². The smallest absolute Gasteiger partial charge is 0.422 e. The Morgan fingerprint density at radius 2 is 0.865 bits per heavy atom. The molecule has 0 spiro atoms. The summed E-state index contributed by atoms with van der Waals surface area (Å²) < 4.78 is 87.8. The van der Waals surface area contributed by atoms with Crippen LogP contribution in [0.15, 0.2) is 48.5 Å². The van der Waals surface area contributed by atoms with Gasteiger partial charge in [-0.3, -0.25) is 0 Å². The third kappa shape index (κ3) is 9.71. The lowest BCUT2D eigenvalue weighted by Crippen LogP contribution is -2.30. The van der Waals surface area contributed by atoms with Crippen LogP contribution in [-0.2, 0) is 25.0 Å². The van der Waals surface area contributed by atoms with E-state index in [1.165, 1.54) is 24.3 Å². The second kappa shape index (κ2) is 11.5. The first-order chi connectivity index (χ1) is 16.9. The average molecular weight is 534 g/mol. The van der Waals surface area contributed by atoms with E-state index in [0.29, 0.717) is 0 Å². The van der Waals surface area contributed by atoms with Gasteiger partial charge in [-0.1, -0.05) is 52.0 Å². The molecule has 0 radical (unpaired) electrons. The van der Waals surface area contributed by atoms with Crippen molar-refractivity contribution in [2.24, 2.45) is 0 Å². The molecule has 0 saturated carbocycles. The number of carbonyl (C=O) groups is 2. The molecular formula is C26H28F6O5. The minimum Gasteiger partial charge on any atom is -0.452 e. The maximum absolute atomic E-state index is 12.2. The first kappa shape index (κ1) is 30.1. The fraction of sp³-hybridized carbons (Fsp3) is 0.462. The third-order valence-electron chi connectivity index (χ3n) is 5.46. The van der Waals surface area contributed by atoms with E-state index in [1.54, 1.807) is 24.3 Å².